The van der Waals surface area contributed by atoms with Crippen LogP contribution in [0.4, 0.5) is 4.39 Å². The second kappa shape index (κ2) is 4.67. The Morgan fingerprint density at radius 2 is 2.00 bits per heavy atom. The Balaban J connectivity index is 2.13. The molecule has 17 heavy (non-hydrogen) atoms. The Morgan fingerprint density at radius 1 is 1.35 bits per heavy atom. The van der Waals surface area contributed by atoms with Crippen molar-refractivity contribution in [1.82, 2.24) is 9.78 Å². The lowest BCUT2D eigenvalue weighted by molar-refractivity contribution is 0.175. The van der Waals surface area contributed by atoms with Crippen LogP contribution in [0.1, 0.15) is 23.1 Å². The zero-order chi connectivity index (χ0) is 12.4. The SMILES string of the molecule is Cc1cc(CC(O)c2ccc(F)cc2)n(C)n1. The molecular weight excluding hydrogens is 219 g/mol. The monoisotopic (exact) mass is 234 g/mol. The van der Waals surface area contributed by atoms with E-state index in [4.69, 9.17) is 0 Å². The first kappa shape index (κ1) is 11.8. The molecule has 1 aromatic carbocycles. The lowest BCUT2D eigenvalue weighted by Crippen LogP contribution is -2.06. The first-order valence-corrected chi connectivity index (χ1v) is 5.49. The molecule has 0 saturated carbocycles. The van der Waals surface area contributed by atoms with Crippen LogP contribution in [-0.2, 0) is 13.5 Å². The summed E-state index contributed by atoms with van der Waals surface area (Å²) in [7, 11) is 1.85. The quantitative estimate of drug-likeness (QED) is 0.883. The smallest absolute Gasteiger partial charge is 0.123 e. The van der Waals surface area contributed by atoms with Crippen molar-refractivity contribution < 1.29 is 9.50 Å². The van der Waals surface area contributed by atoms with Crippen LogP contribution in [0.5, 0.6) is 0 Å². The molecule has 2 aromatic rings. The summed E-state index contributed by atoms with van der Waals surface area (Å²) in [6, 6.07) is 7.85. The van der Waals surface area contributed by atoms with Crippen LogP contribution < -0.4 is 0 Å². The second-order valence-corrected chi connectivity index (χ2v) is 4.17. The van der Waals surface area contributed by atoms with E-state index in [2.05, 4.69) is 5.10 Å². The van der Waals surface area contributed by atoms with Crippen molar-refractivity contribution in [3.8, 4) is 0 Å². The predicted octanol–water partition coefficient (Wildman–Crippen LogP) is 2.14. The lowest BCUT2D eigenvalue weighted by Gasteiger charge is -2.10. The van der Waals surface area contributed by atoms with Gasteiger partial charge in [-0.05, 0) is 30.7 Å². The van der Waals surface area contributed by atoms with E-state index < -0.39 is 6.10 Å². The van der Waals surface area contributed by atoms with Crippen molar-refractivity contribution in [2.45, 2.75) is 19.4 Å². The summed E-state index contributed by atoms with van der Waals surface area (Å²) in [5.74, 6) is -0.294. The fourth-order valence-corrected chi connectivity index (χ4v) is 1.86. The van der Waals surface area contributed by atoms with Crippen LogP contribution in [-0.4, -0.2) is 14.9 Å². The van der Waals surface area contributed by atoms with Gasteiger partial charge in [0.15, 0.2) is 0 Å². The molecule has 0 aliphatic carbocycles. The standard InChI is InChI=1S/C13H15FN2O/c1-9-7-12(16(2)15-9)8-13(17)10-3-5-11(14)6-4-10/h3-7,13,17H,8H2,1-2H3. The van der Waals surface area contributed by atoms with E-state index >= 15 is 0 Å². The van der Waals surface area contributed by atoms with Crippen LogP contribution in [0.25, 0.3) is 0 Å². The van der Waals surface area contributed by atoms with Gasteiger partial charge < -0.3 is 5.11 Å². The number of nitrogens with zero attached hydrogens (tertiary/aromatic N) is 2. The third-order valence-electron chi connectivity index (χ3n) is 2.76. The number of hydrogen-bond acceptors (Lipinski definition) is 2. The Hall–Kier alpha value is -1.68. The van der Waals surface area contributed by atoms with Gasteiger partial charge in [0.05, 0.1) is 11.8 Å². The van der Waals surface area contributed by atoms with Crippen LogP contribution >= 0.6 is 0 Å². The summed E-state index contributed by atoms with van der Waals surface area (Å²) in [5, 5.41) is 14.3. The minimum atomic E-state index is -0.634. The molecule has 0 spiro atoms. The third-order valence-corrected chi connectivity index (χ3v) is 2.76. The molecule has 1 unspecified atom stereocenters. The summed E-state index contributed by atoms with van der Waals surface area (Å²) in [5.41, 5.74) is 2.60. The van der Waals surface area contributed by atoms with E-state index in [-0.39, 0.29) is 5.82 Å². The number of aliphatic hydroxyl groups excluding tert-OH is 1. The molecule has 0 bridgehead atoms. The highest BCUT2D eigenvalue weighted by Crippen LogP contribution is 2.18. The molecule has 0 aliphatic heterocycles. The van der Waals surface area contributed by atoms with Gasteiger partial charge in [0.25, 0.3) is 0 Å². The maximum absolute atomic E-state index is 12.7. The van der Waals surface area contributed by atoms with Gasteiger partial charge >= 0.3 is 0 Å². The summed E-state index contributed by atoms with van der Waals surface area (Å²) >= 11 is 0. The maximum Gasteiger partial charge on any atom is 0.123 e. The minimum Gasteiger partial charge on any atom is -0.388 e. The average molecular weight is 234 g/mol. The molecule has 3 nitrogen and oxygen atoms in total. The largest absolute Gasteiger partial charge is 0.388 e. The maximum atomic E-state index is 12.7. The fourth-order valence-electron chi connectivity index (χ4n) is 1.86. The molecular formula is C13H15FN2O. The van der Waals surface area contributed by atoms with Gasteiger partial charge in [-0.15, -0.1) is 0 Å². The first-order chi connectivity index (χ1) is 8.06. The summed E-state index contributed by atoms with van der Waals surface area (Å²) in [6.45, 7) is 1.91. The Labute approximate surface area is 99.5 Å². The molecule has 0 amide bonds. The van der Waals surface area contributed by atoms with Gasteiger partial charge in [-0.3, -0.25) is 4.68 Å². The Bertz CT molecular complexity index is 505. The molecule has 0 fully saturated rings. The Morgan fingerprint density at radius 3 is 2.53 bits per heavy atom. The van der Waals surface area contributed by atoms with Gasteiger partial charge in [0.1, 0.15) is 5.82 Å². The summed E-state index contributed by atoms with van der Waals surface area (Å²) < 4.78 is 14.5. The zero-order valence-electron chi connectivity index (χ0n) is 9.89. The lowest BCUT2D eigenvalue weighted by atomic mass is 10.0. The average Bonchev–Trinajstić information content (AvgIpc) is 2.58. The van der Waals surface area contributed by atoms with Crippen LogP contribution in [0, 0.1) is 12.7 Å². The fraction of sp³-hybridized carbons (Fsp3) is 0.308. The van der Waals surface area contributed by atoms with E-state index in [9.17, 15) is 9.50 Å². The molecule has 1 N–H and O–H groups in total. The van der Waals surface area contributed by atoms with Crippen molar-refractivity contribution in [3.63, 3.8) is 0 Å². The number of rotatable bonds is 3. The number of halogens is 1. The van der Waals surface area contributed by atoms with Gasteiger partial charge in [0.2, 0.25) is 0 Å². The van der Waals surface area contributed by atoms with E-state index in [1.165, 1.54) is 12.1 Å². The molecule has 1 heterocycles. The molecule has 0 aliphatic rings. The van der Waals surface area contributed by atoms with E-state index in [1.54, 1.807) is 16.8 Å². The topological polar surface area (TPSA) is 38.0 Å². The predicted molar refractivity (Wildman–Crippen MR) is 63.0 cm³/mol. The van der Waals surface area contributed by atoms with E-state index in [1.807, 2.05) is 20.0 Å². The van der Waals surface area contributed by atoms with E-state index in [0.29, 0.717) is 12.0 Å². The molecule has 1 atom stereocenters. The summed E-state index contributed by atoms with van der Waals surface area (Å²) in [6.07, 6.45) is -0.159. The molecule has 0 radical (unpaired) electrons. The zero-order valence-corrected chi connectivity index (χ0v) is 9.89. The van der Waals surface area contributed by atoms with Crippen molar-refractivity contribution in [2.75, 3.05) is 0 Å². The van der Waals surface area contributed by atoms with Gasteiger partial charge in [-0.1, -0.05) is 12.1 Å². The van der Waals surface area contributed by atoms with Crippen molar-refractivity contribution in [2.24, 2.45) is 7.05 Å². The second-order valence-electron chi connectivity index (χ2n) is 4.17. The van der Waals surface area contributed by atoms with Crippen molar-refractivity contribution in [3.05, 3.63) is 53.1 Å². The molecule has 90 valence electrons. The number of aryl methyl sites for hydroxylation is 2. The first-order valence-electron chi connectivity index (χ1n) is 5.49. The van der Waals surface area contributed by atoms with Crippen LogP contribution in [0.15, 0.2) is 30.3 Å². The minimum absolute atomic E-state index is 0.294. The highest BCUT2D eigenvalue weighted by molar-refractivity contribution is 5.21. The number of aliphatic hydroxyl groups is 1. The number of benzene rings is 1. The molecule has 0 saturated heterocycles. The van der Waals surface area contributed by atoms with Crippen LogP contribution in [0.3, 0.4) is 0 Å². The van der Waals surface area contributed by atoms with Gasteiger partial charge in [-0.25, -0.2) is 4.39 Å². The van der Waals surface area contributed by atoms with Gasteiger partial charge in [-0.2, -0.15) is 5.10 Å². The number of hydrogen-bond donors (Lipinski definition) is 1. The number of aromatic nitrogens is 2. The van der Waals surface area contributed by atoms with Crippen molar-refractivity contribution >= 4 is 0 Å². The van der Waals surface area contributed by atoms with Crippen LogP contribution in [0.2, 0.25) is 0 Å². The molecule has 4 heteroatoms. The van der Waals surface area contributed by atoms with E-state index in [0.717, 1.165) is 11.4 Å². The highest BCUT2D eigenvalue weighted by Gasteiger charge is 2.11. The van der Waals surface area contributed by atoms with Crippen molar-refractivity contribution in [1.29, 1.82) is 0 Å². The molecule has 1 aromatic heterocycles. The van der Waals surface area contributed by atoms with Gasteiger partial charge in [0, 0.05) is 19.2 Å². The normalized spacial score (nSPS) is 12.7. The molecule has 2 rings (SSSR count). The highest BCUT2D eigenvalue weighted by atomic mass is 19.1. The summed E-state index contributed by atoms with van der Waals surface area (Å²) in [4.78, 5) is 0. The Kier molecular flexibility index (Phi) is 3.24. The third kappa shape index (κ3) is 2.71.